The second-order valence-electron chi connectivity index (χ2n) is 6.38. The molecule has 4 nitrogen and oxygen atoms in total. The summed E-state index contributed by atoms with van der Waals surface area (Å²) in [6, 6.07) is 19.3. The van der Waals surface area contributed by atoms with E-state index in [9.17, 15) is 4.79 Å². The molecule has 1 amide bonds. The van der Waals surface area contributed by atoms with Crippen molar-refractivity contribution in [3.05, 3.63) is 89.7 Å². The van der Waals surface area contributed by atoms with Crippen molar-refractivity contribution in [2.24, 2.45) is 0 Å². The quantitative estimate of drug-likeness (QED) is 0.680. The van der Waals surface area contributed by atoms with Gasteiger partial charge in [-0.2, -0.15) is 0 Å². The van der Waals surface area contributed by atoms with E-state index in [4.69, 9.17) is 4.74 Å². The third-order valence-corrected chi connectivity index (χ3v) is 4.07. The first-order valence-electron chi connectivity index (χ1n) is 8.65. The molecule has 0 bridgehead atoms. The molecule has 0 atom stereocenters. The number of ether oxygens (including phenoxy) is 1. The zero-order valence-electron chi connectivity index (χ0n) is 15.0. The molecule has 0 aliphatic heterocycles. The predicted molar refractivity (Wildman–Crippen MR) is 103 cm³/mol. The van der Waals surface area contributed by atoms with E-state index in [-0.39, 0.29) is 5.91 Å². The Hall–Kier alpha value is -3.14. The fourth-order valence-electron chi connectivity index (χ4n) is 2.58. The predicted octanol–water partition coefficient (Wildman–Crippen LogP) is 5.04. The molecule has 0 saturated heterocycles. The Morgan fingerprint density at radius 1 is 1.08 bits per heavy atom. The fraction of sp³-hybridized carbons (Fsp3) is 0.182. The summed E-state index contributed by atoms with van der Waals surface area (Å²) in [7, 11) is 0. The maximum Gasteiger partial charge on any atom is 0.259 e. The average Bonchev–Trinajstić information content (AvgIpc) is 2.67. The number of rotatable bonds is 6. The minimum Gasteiger partial charge on any atom is -0.488 e. The summed E-state index contributed by atoms with van der Waals surface area (Å²) in [4.78, 5) is 16.8. The maximum atomic E-state index is 12.8. The summed E-state index contributed by atoms with van der Waals surface area (Å²) in [6.07, 6.45) is 3.29. The number of nitrogens with one attached hydrogen (secondary N) is 1. The largest absolute Gasteiger partial charge is 0.488 e. The van der Waals surface area contributed by atoms with Gasteiger partial charge in [-0.3, -0.25) is 9.78 Å². The smallest absolute Gasteiger partial charge is 0.259 e. The van der Waals surface area contributed by atoms with Crippen LogP contribution in [-0.4, -0.2) is 10.9 Å². The van der Waals surface area contributed by atoms with Gasteiger partial charge in [0, 0.05) is 6.20 Å². The van der Waals surface area contributed by atoms with Crippen LogP contribution in [0.1, 0.15) is 41.3 Å². The van der Waals surface area contributed by atoms with E-state index in [2.05, 4.69) is 24.1 Å². The van der Waals surface area contributed by atoms with Crippen LogP contribution in [0.15, 0.2) is 73.1 Å². The number of amides is 1. The molecule has 0 unspecified atom stereocenters. The first-order valence-corrected chi connectivity index (χ1v) is 8.65. The molecule has 1 aromatic heterocycles. The molecule has 0 aliphatic carbocycles. The summed E-state index contributed by atoms with van der Waals surface area (Å²) in [6.45, 7) is 4.61. The molecule has 1 heterocycles. The normalized spacial score (nSPS) is 10.6. The number of nitrogens with zero attached hydrogens (tertiary/aromatic N) is 1. The van der Waals surface area contributed by atoms with Gasteiger partial charge in [0.25, 0.3) is 5.91 Å². The lowest BCUT2D eigenvalue weighted by Crippen LogP contribution is -2.14. The molecule has 132 valence electrons. The highest BCUT2D eigenvalue weighted by molar-refractivity contribution is 6.06. The van der Waals surface area contributed by atoms with Crippen LogP contribution in [0.25, 0.3) is 0 Å². The second kappa shape index (κ2) is 8.30. The Balaban J connectivity index is 1.84. The molecular formula is C22H22N2O2. The molecule has 4 heteroatoms. The van der Waals surface area contributed by atoms with Gasteiger partial charge in [0.1, 0.15) is 12.4 Å². The molecular weight excluding hydrogens is 324 g/mol. The van der Waals surface area contributed by atoms with Gasteiger partial charge >= 0.3 is 0 Å². The summed E-state index contributed by atoms with van der Waals surface area (Å²) < 4.78 is 5.94. The van der Waals surface area contributed by atoms with Gasteiger partial charge < -0.3 is 10.1 Å². The van der Waals surface area contributed by atoms with Crippen LogP contribution in [0.2, 0.25) is 0 Å². The van der Waals surface area contributed by atoms with Crippen LogP contribution >= 0.6 is 0 Å². The molecule has 2 aromatic carbocycles. The summed E-state index contributed by atoms with van der Waals surface area (Å²) in [5.74, 6) is 0.686. The molecule has 3 aromatic rings. The van der Waals surface area contributed by atoms with Gasteiger partial charge in [-0.1, -0.05) is 50.2 Å². The summed E-state index contributed by atoms with van der Waals surface area (Å²) in [5.41, 5.74) is 3.32. The molecule has 0 fully saturated rings. The molecule has 0 radical (unpaired) electrons. The topological polar surface area (TPSA) is 51.2 Å². The first-order chi connectivity index (χ1) is 12.6. The van der Waals surface area contributed by atoms with E-state index in [0.717, 1.165) is 11.1 Å². The Labute approximate surface area is 153 Å². The third-order valence-electron chi connectivity index (χ3n) is 4.07. The fourth-order valence-corrected chi connectivity index (χ4v) is 2.58. The van der Waals surface area contributed by atoms with E-state index in [0.29, 0.717) is 29.5 Å². The van der Waals surface area contributed by atoms with Crippen LogP contribution < -0.4 is 10.1 Å². The Morgan fingerprint density at radius 2 is 1.88 bits per heavy atom. The third kappa shape index (κ3) is 4.48. The Kier molecular flexibility index (Phi) is 5.64. The molecule has 0 saturated carbocycles. The number of aromatic nitrogens is 1. The van der Waals surface area contributed by atoms with E-state index in [1.54, 1.807) is 18.5 Å². The monoisotopic (exact) mass is 346 g/mol. The van der Waals surface area contributed by atoms with Crippen LogP contribution in [0.4, 0.5) is 5.69 Å². The molecule has 0 spiro atoms. The van der Waals surface area contributed by atoms with Gasteiger partial charge in [-0.05, 0) is 41.3 Å². The summed E-state index contributed by atoms with van der Waals surface area (Å²) >= 11 is 0. The maximum absolute atomic E-state index is 12.8. The van der Waals surface area contributed by atoms with E-state index in [1.165, 1.54) is 0 Å². The van der Waals surface area contributed by atoms with Crippen molar-refractivity contribution < 1.29 is 9.53 Å². The highest BCUT2D eigenvalue weighted by atomic mass is 16.5. The highest BCUT2D eigenvalue weighted by Crippen LogP contribution is 2.26. The second-order valence-corrected chi connectivity index (χ2v) is 6.38. The van der Waals surface area contributed by atoms with Crippen molar-refractivity contribution in [2.45, 2.75) is 26.4 Å². The Morgan fingerprint density at radius 3 is 2.58 bits per heavy atom. The molecule has 26 heavy (non-hydrogen) atoms. The highest BCUT2D eigenvalue weighted by Gasteiger charge is 2.15. The average molecular weight is 346 g/mol. The van der Waals surface area contributed by atoms with E-state index >= 15 is 0 Å². The van der Waals surface area contributed by atoms with Crippen LogP contribution in [-0.2, 0) is 6.61 Å². The minimum absolute atomic E-state index is 0.205. The van der Waals surface area contributed by atoms with Gasteiger partial charge in [0.2, 0.25) is 0 Å². The number of carbonyl (C=O) groups is 1. The van der Waals surface area contributed by atoms with Gasteiger partial charge in [0.15, 0.2) is 0 Å². The van der Waals surface area contributed by atoms with Gasteiger partial charge in [-0.15, -0.1) is 0 Å². The molecule has 3 rings (SSSR count). The van der Waals surface area contributed by atoms with E-state index in [1.807, 2.05) is 54.6 Å². The zero-order valence-corrected chi connectivity index (χ0v) is 15.0. The van der Waals surface area contributed by atoms with Crippen molar-refractivity contribution in [3.63, 3.8) is 0 Å². The van der Waals surface area contributed by atoms with Gasteiger partial charge in [0.05, 0.1) is 17.4 Å². The molecule has 0 aliphatic rings. The number of anilines is 1. The number of pyridine rings is 1. The lowest BCUT2D eigenvalue weighted by Gasteiger charge is -2.15. The molecule has 1 N–H and O–H groups in total. The SMILES string of the molecule is CC(C)c1ccc(OCc2ccccc2)c(C(=O)Nc2cccnc2)c1. The minimum atomic E-state index is -0.205. The van der Waals surface area contributed by atoms with Crippen molar-refractivity contribution in [1.82, 2.24) is 4.98 Å². The van der Waals surface area contributed by atoms with Crippen molar-refractivity contribution >= 4 is 11.6 Å². The van der Waals surface area contributed by atoms with Crippen molar-refractivity contribution in [1.29, 1.82) is 0 Å². The standard InChI is InChI=1S/C22H22N2O2/c1-16(2)18-10-11-21(26-15-17-7-4-3-5-8-17)20(13-18)22(25)24-19-9-6-12-23-14-19/h3-14,16H,15H2,1-2H3,(H,24,25). The number of hydrogen-bond donors (Lipinski definition) is 1. The number of benzene rings is 2. The van der Waals surface area contributed by atoms with Gasteiger partial charge in [-0.25, -0.2) is 0 Å². The first kappa shape index (κ1) is 17.7. The van der Waals surface area contributed by atoms with Crippen molar-refractivity contribution in [3.8, 4) is 5.75 Å². The number of carbonyl (C=O) groups excluding carboxylic acids is 1. The van der Waals surface area contributed by atoms with E-state index < -0.39 is 0 Å². The van der Waals surface area contributed by atoms with Crippen LogP contribution in [0, 0.1) is 0 Å². The summed E-state index contributed by atoms with van der Waals surface area (Å²) in [5, 5.41) is 2.88. The lowest BCUT2D eigenvalue weighted by molar-refractivity contribution is 0.102. The lowest BCUT2D eigenvalue weighted by atomic mass is 10.00. The Bertz CT molecular complexity index is 862. The zero-order chi connectivity index (χ0) is 18.4. The van der Waals surface area contributed by atoms with Crippen molar-refractivity contribution in [2.75, 3.05) is 5.32 Å². The van der Waals surface area contributed by atoms with Crippen LogP contribution in [0.5, 0.6) is 5.75 Å². The van der Waals surface area contributed by atoms with Crippen LogP contribution in [0.3, 0.4) is 0 Å². The number of hydrogen-bond acceptors (Lipinski definition) is 3.